The largest absolute Gasteiger partial charge is 0.478 e. The minimum Gasteiger partial charge on any atom is -0.478 e. The summed E-state index contributed by atoms with van der Waals surface area (Å²) in [7, 11) is 0. The smallest absolute Gasteiger partial charge is 0.335 e. The predicted molar refractivity (Wildman–Crippen MR) is 68.6 cm³/mol. The fourth-order valence-electron chi connectivity index (χ4n) is 1.35. The van der Waals surface area contributed by atoms with Crippen LogP contribution in [0.4, 0.5) is 11.5 Å². The first-order chi connectivity index (χ1) is 8.15. The zero-order valence-electron chi connectivity index (χ0n) is 8.72. The monoisotopic (exact) mass is 292 g/mol. The van der Waals surface area contributed by atoms with E-state index < -0.39 is 5.97 Å². The van der Waals surface area contributed by atoms with Gasteiger partial charge in [-0.3, -0.25) is 0 Å². The molecule has 4 nitrogen and oxygen atoms in total. The molecule has 0 bridgehead atoms. The van der Waals surface area contributed by atoms with Crippen LogP contribution in [0.3, 0.4) is 0 Å². The second-order valence-electron chi connectivity index (χ2n) is 3.37. The van der Waals surface area contributed by atoms with E-state index in [1.54, 1.807) is 0 Å². The van der Waals surface area contributed by atoms with Crippen LogP contribution in [0.1, 0.15) is 10.4 Å². The third-order valence-electron chi connectivity index (χ3n) is 2.10. The molecule has 1 aromatic carbocycles. The first-order valence-electron chi connectivity index (χ1n) is 4.87. The van der Waals surface area contributed by atoms with Crippen molar-refractivity contribution < 1.29 is 9.90 Å². The van der Waals surface area contributed by atoms with Crippen molar-refractivity contribution in [2.24, 2.45) is 0 Å². The first-order valence-corrected chi connectivity index (χ1v) is 5.66. The predicted octanol–water partition coefficient (Wildman–Crippen LogP) is 3.29. The highest BCUT2D eigenvalue weighted by Crippen LogP contribution is 2.19. The molecular formula is C12H9BrN2O2. The summed E-state index contributed by atoms with van der Waals surface area (Å²) in [4.78, 5) is 14.9. The summed E-state index contributed by atoms with van der Waals surface area (Å²) in [5.74, 6) is -0.465. The second kappa shape index (κ2) is 4.97. The van der Waals surface area contributed by atoms with Gasteiger partial charge < -0.3 is 10.4 Å². The molecular weight excluding hydrogens is 284 g/mol. The maximum Gasteiger partial charge on any atom is 0.335 e. The van der Waals surface area contributed by atoms with Gasteiger partial charge in [0.05, 0.1) is 5.56 Å². The highest BCUT2D eigenvalue weighted by Gasteiger charge is 2.04. The number of pyridine rings is 1. The van der Waals surface area contributed by atoms with E-state index in [4.69, 9.17) is 5.11 Å². The van der Waals surface area contributed by atoms with Crippen LogP contribution in [-0.2, 0) is 0 Å². The molecule has 0 unspecified atom stereocenters. The Morgan fingerprint density at radius 2 is 2.12 bits per heavy atom. The Hall–Kier alpha value is -1.88. The van der Waals surface area contributed by atoms with Crippen LogP contribution in [0.2, 0.25) is 0 Å². The molecule has 0 fully saturated rings. The Kier molecular flexibility index (Phi) is 3.39. The van der Waals surface area contributed by atoms with Crippen molar-refractivity contribution in [1.29, 1.82) is 0 Å². The lowest BCUT2D eigenvalue weighted by molar-refractivity contribution is 0.0697. The number of aromatic nitrogens is 1. The van der Waals surface area contributed by atoms with Gasteiger partial charge in [0.15, 0.2) is 0 Å². The Balaban J connectivity index is 2.24. The average molecular weight is 293 g/mol. The van der Waals surface area contributed by atoms with Crippen molar-refractivity contribution in [3.63, 3.8) is 0 Å². The van der Waals surface area contributed by atoms with Crippen LogP contribution < -0.4 is 5.32 Å². The zero-order chi connectivity index (χ0) is 12.3. The molecule has 0 aliphatic rings. The molecule has 0 saturated heterocycles. The van der Waals surface area contributed by atoms with Crippen LogP contribution >= 0.6 is 15.9 Å². The number of hydrogen-bond acceptors (Lipinski definition) is 3. The molecule has 2 rings (SSSR count). The summed E-state index contributed by atoms with van der Waals surface area (Å²) in [6.45, 7) is 0. The fourth-order valence-corrected chi connectivity index (χ4v) is 1.75. The molecule has 2 N–H and O–H groups in total. The van der Waals surface area contributed by atoms with Crippen molar-refractivity contribution in [1.82, 2.24) is 4.98 Å². The van der Waals surface area contributed by atoms with Crippen molar-refractivity contribution in [2.45, 2.75) is 0 Å². The Bertz CT molecular complexity index is 558. The molecule has 0 aliphatic carbocycles. The number of halogens is 1. The topological polar surface area (TPSA) is 62.2 Å². The minimum absolute atomic E-state index is 0.206. The molecule has 0 saturated carbocycles. The van der Waals surface area contributed by atoms with Gasteiger partial charge in [-0.2, -0.15) is 0 Å². The molecule has 1 aromatic heterocycles. The van der Waals surface area contributed by atoms with Gasteiger partial charge in [0, 0.05) is 16.4 Å². The van der Waals surface area contributed by atoms with E-state index in [0.717, 1.165) is 10.2 Å². The number of nitrogens with zero attached hydrogens (tertiary/aromatic N) is 1. The molecule has 0 aliphatic heterocycles. The van der Waals surface area contributed by atoms with Gasteiger partial charge in [-0.15, -0.1) is 0 Å². The van der Waals surface area contributed by atoms with Gasteiger partial charge in [0.25, 0.3) is 0 Å². The van der Waals surface area contributed by atoms with E-state index >= 15 is 0 Å². The van der Waals surface area contributed by atoms with Crippen molar-refractivity contribution >= 4 is 33.4 Å². The maximum atomic E-state index is 10.8. The van der Waals surface area contributed by atoms with E-state index in [1.165, 1.54) is 18.3 Å². The second-order valence-corrected chi connectivity index (χ2v) is 4.29. The van der Waals surface area contributed by atoms with Crippen molar-refractivity contribution in [3.8, 4) is 0 Å². The summed E-state index contributed by atoms with van der Waals surface area (Å²) in [6.07, 6.45) is 1.46. The highest BCUT2D eigenvalue weighted by atomic mass is 79.9. The summed E-state index contributed by atoms with van der Waals surface area (Å²) in [6, 6.07) is 10.5. The molecule has 0 radical (unpaired) electrons. The van der Waals surface area contributed by atoms with Crippen LogP contribution in [0, 0.1) is 0 Å². The van der Waals surface area contributed by atoms with Crippen molar-refractivity contribution in [2.75, 3.05) is 5.32 Å². The summed E-state index contributed by atoms with van der Waals surface area (Å²) in [5.41, 5.74) is 1.05. The molecule has 5 heteroatoms. The van der Waals surface area contributed by atoms with Gasteiger partial charge in [0.1, 0.15) is 5.82 Å². The summed E-state index contributed by atoms with van der Waals surface area (Å²) >= 11 is 3.36. The quantitative estimate of drug-likeness (QED) is 0.911. The highest BCUT2D eigenvalue weighted by molar-refractivity contribution is 9.10. The molecule has 2 aromatic rings. The van der Waals surface area contributed by atoms with Gasteiger partial charge in [0.2, 0.25) is 0 Å². The Labute approximate surface area is 106 Å². The van der Waals surface area contributed by atoms with E-state index in [9.17, 15) is 4.79 Å². The number of anilines is 2. The molecule has 0 amide bonds. The molecule has 0 spiro atoms. The SMILES string of the molecule is O=C(O)c1ccnc(Nc2cccc(Br)c2)c1. The minimum atomic E-state index is -0.968. The molecule has 17 heavy (non-hydrogen) atoms. The van der Waals surface area contributed by atoms with Crippen LogP contribution in [-0.4, -0.2) is 16.1 Å². The lowest BCUT2D eigenvalue weighted by Crippen LogP contribution is -1.99. The first kappa shape index (κ1) is 11.6. The Morgan fingerprint density at radius 3 is 2.82 bits per heavy atom. The van der Waals surface area contributed by atoms with Crippen molar-refractivity contribution in [3.05, 3.63) is 52.6 Å². The van der Waals surface area contributed by atoms with Gasteiger partial charge in [-0.25, -0.2) is 9.78 Å². The third-order valence-corrected chi connectivity index (χ3v) is 2.60. The van der Waals surface area contributed by atoms with E-state index in [1.807, 2.05) is 24.3 Å². The van der Waals surface area contributed by atoms with Gasteiger partial charge in [-0.1, -0.05) is 22.0 Å². The number of carboxylic acid groups (broad SMARTS) is 1. The standard InChI is InChI=1S/C12H9BrN2O2/c13-9-2-1-3-10(7-9)15-11-6-8(12(16)17)4-5-14-11/h1-7H,(H,14,15)(H,16,17). The average Bonchev–Trinajstić information content (AvgIpc) is 2.29. The molecule has 86 valence electrons. The summed E-state index contributed by atoms with van der Waals surface area (Å²) < 4.78 is 0.942. The number of nitrogens with one attached hydrogen (secondary N) is 1. The fraction of sp³-hybridized carbons (Fsp3) is 0. The van der Waals surface area contributed by atoms with Crippen LogP contribution in [0.15, 0.2) is 47.1 Å². The summed E-state index contributed by atoms with van der Waals surface area (Å²) in [5, 5.41) is 11.9. The van der Waals surface area contributed by atoms with E-state index in [2.05, 4.69) is 26.2 Å². The lowest BCUT2D eigenvalue weighted by atomic mass is 10.2. The van der Waals surface area contributed by atoms with E-state index in [-0.39, 0.29) is 5.56 Å². The van der Waals surface area contributed by atoms with Crippen LogP contribution in [0.25, 0.3) is 0 Å². The number of carbonyl (C=O) groups is 1. The Morgan fingerprint density at radius 1 is 1.29 bits per heavy atom. The van der Waals surface area contributed by atoms with Gasteiger partial charge in [-0.05, 0) is 30.3 Å². The lowest BCUT2D eigenvalue weighted by Gasteiger charge is -2.06. The zero-order valence-corrected chi connectivity index (χ0v) is 10.3. The number of aromatic carboxylic acids is 1. The molecule has 1 heterocycles. The van der Waals surface area contributed by atoms with Gasteiger partial charge >= 0.3 is 5.97 Å². The number of rotatable bonds is 3. The van der Waals surface area contributed by atoms with E-state index in [0.29, 0.717) is 5.82 Å². The third kappa shape index (κ3) is 3.04. The maximum absolute atomic E-state index is 10.8. The number of hydrogen-bond donors (Lipinski definition) is 2. The normalized spacial score (nSPS) is 9.94. The molecule has 0 atom stereocenters. The van der Waals surface area contributed by atoms with Crippen LogP contribution in [0.5, 0.6) is 0 Å². The number of benzene rings is 1. The number of carboxylic acids is 1.